The molecule has 0 radical (unpaired) electrons. The number of hydrazone groups is 1. The molecule has 30 heavy (non-hydrogen) atoms. The number of hydrogen-bond donors (Lipinski definition) is 2. The van der Waals surface area contributed by atoms with E-state index in [9.17, 15) is 9.59 Å². The number of anilines is 1. The fraction of sp³-hybridized carbons (Fsp3) is 0.125. The van der Waals surface area contributed by atoms with Crippen LogP contribution in [0.2, 0.25) is 0 Å². The summed E-state index contributed by atoms with van der Waals surface area (Å²) in [5.41, 5.74) is 6.51. The summed E-state index contributed by atoms with van der Waals surface area (Å²) in [5.74, 6) is -0.0765. The van der Waals surface area contributed by atoms with Crippen molar-refractivity contribution >= 4 is 23.7 Å². The van der Waals surface area contributed by atoms with E-state index < -0.39 is 0 Å². The highest BCUT2D eigenvalue weighted by Crippen LogP contribution is 2.16. The second-order valence-corrected chi connectivity index (χ2v) is 6.81. The smallest absolute Gasteiger partial charge is 0.271 e. The molecule has 0 saturated heterocycles. The van der Waals surface area contributed by atoms with Crippen molar-refractivity contribution in [2.75, 3.05) is 11.9 Å². The van der Waals surface area contributed by atoms with Crippen LogP contribution in [0.4, 0.5) is 5.69 Å². The van der Waals surface area contributed by atoms with Crippen LogP contribution in [0.1, 0.15) is 27.0 Å². The summed E-state index contributed by atoms with van der Waals surface area (Å²) < 4.78 is 5.64. The Kier molecular flexibility index (Phi) is 6.95. The van der Waals surface area contributed by atoms with Gasteiger partial charge in [0.05, 0.1) is 6.21 Å². The molecule has 0 fully saturated rings. The molecular weight excluding hydrogens is 378 g/mol. The van der Waals surface area contributed by atoms with Gasteiger partial charge in [0.2, 0.25) is 0 Å². The monoisotopic (exact) mass is 401 g/mol. The topological polar surface area (TPSA) is 79.8 Å². The second-order valence-electron chi connectivity index (χ2n) is 6.81. The molecule has 0 aliphatic heterocycles. The number of rotatable bonds is 7. The highest BCUT2D eigenvalue weighted by molar-refractivity contribution is 5.95. The maximum atomic E-state index is 12.2. The molecule has 0 atom stereocenters. The third-order valence-electron chi connectivity index (χ3n) is 4.26. The summed E-state index contributed by atoms with van der Waals surface area (Å²) in [6.07, 6.45) is 1.49. The first-order valence-corrected chi connectivity index (χ1v) is 9.50. The van der Waals surface area contributed by atoms with E-state index in [0.717, 1.165) is 16.8 Å². The Morgan fingerprint density at radius 2 is 1.70 bits per heavy atom. The summed E-state index contributed by atoms with van der Waals surface area (Å²) in [6.45, 7) is 3.77. The number of ether oxygens (including phenoxy) is 1. The molecule has 0 spiro atoms. The summed E-state index contributed by atoms with van der Waals surface area (Å²) in [5, 5.41) is 6.80. The molecule has 0 saturated carbocycles. The molecular formula is C24H23N3O3. The van der Waals surface area contributed by atoms with Gasteiger partial charge in [0.15, 0.2) is 6.61 Å². The molecule has 0 aromatic heterocycles. The number of carbonyl (C=O) groups is 2. The van der Waals surface area contributed by atoms with Crippen LogP contribution >= 0.6 is 0 Å². The summed E-state index contributed by atoms with van der Waals surface area (Å²) in [7, 11) is 0. The van der Waals surface area contributed by atoms with Crippen LogP contribution in [-0.2, 0) is 4.79 Å². The number of aryl methyl sites for hydroxylation is 2. The number of nitrogens with one attached hydrogen (secondary N) is 2. The molecule has 152 valence electrons. The van der Waals surface area contributed by atoms with Gasteiger partial charge in [-0.05, 0) is 55.8 Å². The summed E-state index contributed by atoms with van der Waals surface area (Å²) in [4.78, 5) is 24.3. The predicted octanol–water partition coefficient (Wildman–Crippen LogP) is 4.08. The zero-order valence-corrected chi connectivity index (χ0v) is 16.9. The minimum Gasteiger partial charge on any atom is -0.483 e. The molecule has 6 nitrogen and oxygen atoms in total. The Balaban J connectivity index is 1.57. The van der Waals surface area contributed by atoms with Crippen LogP contribution in [0.5, 0.6) is 5.75 Å². The van der Waals surface area contributed by atoms with Gasteiger partial charge in [-0.2, -0.15) is 5.10 Å². The molecule has 0 bridgehead atoms. The largest absolute Gasteiger partial charge is 0.483 e. The van der Waals surface area contributed by atoms with E-state index >= 15 is 0 Å². The lowest BCUT2D eigenvalue weighted by Gasteiger charge is -2.10. The number of para-hydroxylation sites is 1. The van der Waals surface area contributed by atoms with Gasteiger partial charge in [-0.15, -0.1) is 0 Å². The number of hydrogen-bond acceptors (Lipinski definition) is 4. The predicted molar refractivity (Wildman–Crippen MR) is 118 cm³/mol. The average molecular weight is 401 g/mol. The van der Waals surface area contributed by atoms with E-state index in [1.54, 1.807) is 30.3 Å². The van der Waals surface area contributed by atoms with Gasteiger partial charge in [-0.1, -0.05) is 42.0 Å². The molecule has 6 heteroatoms. The lowest BCUT2D eigenvalue weighted by molar-refractivity contribution is -0.118. The van der Waals surface area contributed by atoms with Gasteiger partial charge >= 0.3 is 0 Å². The van der Waals surface area contributed by atoms with Crippen LogP contribution in [0.15, 0.2) is 77.9 Å². The Morgan fingerprint density at radius 1 is 0.933 bits per heavy atom. The van der Waals surface area contributed by atoms with E-state index in [2.05, 4.69) is 15.8 Å². The maximum absolute atomic E-state index is 12.2. The highest BCUT2D eigenvalue weighted by Gasteiger charge is 2.07. The van der Waals surface area contributed by atoms with Crippen molar-refractivity contribution in [2.45, 2.75) is 13.8 Å². The average Bonchev–Trinajstić information content (AvgIpc) is 2.73. The lowest BCUT2D eigenvalue weighted by atomic mass is 10.1. The van der Waals surface area contributed by atoms with Gasteiger partial charge in [0.1, 0.15) is 5.75 Å². The van der Waals surface area contributed by atoms with E-state index in [1.165, 1.54) is 6.21 Å². The third-order valence-corrected chi connectivity index (χ3v) is 4.26. The Morgan fingerprint density at radius 3 is 2.47 bits per heavy atom. The normalized spacial score (nSPS) is 10.6. The van der Waals surface area contributed by atoms with Gasteiger partial charge in [0.25, 0.3) is 11.8 Å². The van der Waals surface area contributed by atoms with Gasteiger partial charge < -0.3 is 10.1 Å². The molecule has 3 rings (SSSR count). The second kappa shape index (κ2) is 10.0. The third kappa shape index (κ3) is 6.04. The standard InChI is InChI=1S/C24H23N3O3/c1-17-10-12-19(13-11-17)24(29)27-25-15-20-7-3-4-9-22(20)30-16-23(28)26-21-8-5-6-18(2)14-21/h3-15H,16H2,1-2H3,(H,26,28)(H,27,29)/b25-15+. The first-order chi connectivity index (χ1) is 14.5. The fourth-order valence-electron chi connectivity index (χ4n) is 2.71. The minimum atomic E-state index is -0.304. The van der Waals surface area contributed by atoms with Gasteiger partial charge in [-0.25, -0.2) is 5.43 Å². The van der Waals surface area contributed by atoms with E-state index in [1.807, 2.05) is 56.3 Å². The van der Waals surface area contributed by atoms with Crippen LogP contribution in [0, 0.1) is 13.8 Å². The first-order valence-electron chi connectivity index (χ1n) is 9.50. The van der Waals surface area contributed by atoms with Crippen molar-refractivity contribution in [1.29, 1.82) is 0 Å². The van der Waals surface area contributed by atoms with Crippen molar-refractivity contribution < 1.29 is 14.3 Å². The van der Waals surface area contributed by atoms with E-state index in [4.69, 9.17) is 4.74 Å². The Bertz CT molecular complexity index is 1060. The molecule has 0 unspecified atom stereocenters. The SMILES string of the molecule is Cc1ccc(C(=O)N/N=C/c2ccccc2OCC(=O)Nc2cccc(C)c2)cc1. The summed E-state index contributed by atoms with van der Waals surface area (Å²) >= 11 is 0. The lowest BCUT2D eigenvalue weighted by Crippen LogP contribution is -2.20. The highest BCUT2D eigenvalue weighted by atomic mass is 16.5. The number of benzene rings is 3. The molecule has 2 amide bonds. The van der Waals surface area contributed by atoms with Gasteiger partial charge in [-0.3, -0.25) is 9.59 Å². The van der Waals surface area contributed by atoms with Crippen LogP contribution in [-0.4, -0.2) is 24.6 Å². The van der Waals surface area contributed by atoms with Crippen molar-refractivity contribution in [3.05, 3.63) is 95.1 Å². The molecule has 0 aliphatic rings. The van der Waals surface area contributed by atoms with Crippen LogP contribution in [0.25, 0.3) is 0 Å². The molecule has 0 heterocycles. The maximum Gasteiger partial charge on any atom is 0.271 e. The van der Waals surface area contributed by atoms with Gasteiger partial charge in [0, 0.05) is 16.8 Å². The molecule has 3 aromatic carbocycles. The zero-order valence-electron chi connectivity index (χ0n) is 16.9. The van der Waals surface area contributed by atoms with Crippen molar-refractivity contribution in [3.63, 3.8) is 0 Å². The first kappa shape index (κ1) is 20.8. The molecule has 0 aliphatic carbocycles. The fourth-order valence-corrected chi connectivity index (χ4v) is 2.71. The Labute approximate surface area is 175 Å². The van der Waals surface area contributed by atoms with E-state index in [-0.39, 0.29) is 18.4 Å². The molecule has 3 aromatic rings. The van der Waals surface area contributed by atoms with Crippen molar-refractivity contribution in [2.24, 2.45) is 5.10 Å². The quantitative estimate of drug-likeness (QED) is 0.462. The summed E-state index contributed by atoms with van der Waals surface area (Å²) in [6, 6.07) is 21.9. The number of carbonyl (C=O) groups excluding carboxylic acids is 2. The minimum absolute atomic E-state index is 0.144. The number of amides is 2. The van der Waals surface area contributed by atoms with Crippen LogP contribution < -0.4 is 15.5 Å². The molecule has 2 N–H and O–H groups in total. The Hall–Kier alpha value is -3.93. The van der Waals surface area contributed by atoms with E-state index in [0.29, 0.717) is 16.9 Å². The zero-order chi connectivity index (χ0) is 21.3. The van der Waals surface area contributed by atoms with Crippen molar-refractivity contribution in [3.8, 4) is 5.75 Å². The van der Waals surface area contributed by atoms with Crippen LogP contribution in [0.3, 0.4) is 0 Å². The number of nitrogens with zero attached hydrogens (tertiary/aromatic N) is 1. The van der Waals surface area contributed by atoms with Crippen molar-refractivity contribution in [1.82, 2.24) is 5.43 Å².